The molecule has 0 aromatic rings. The van der Waals surface area contributed by atoms with E-state index < -0.39 is 5.60 Å². The average molecular weight is 384 g/mol. The fourth-order valence-corrected chi connectivity index (χ4v) is 3.40. The van der Waals surface area contributed by atoms with Crippen LogP contribution in [0, 0.1) is 5.92 Å². The van der Waals surface area contributed by atoms with Crippen LogP contribution < -0.4 is 16.0 Å². The van der Waals surface area contributed by atoms with Gasteiger partial charge in [-0.1, -0.05) is 13.8 Å². The first-order valence-corrected chi connectivity index (χ1v) is 10.3. The number of guanidine groups is 1. The Morgan fingerprint density at radius 3 is 2.41 bits per heavy atom. The number of rotatable bonds is 7. The molecule has 0 aromatic heterocycles. The maximum atomic E-state index is 12.3. The summed E-state index contributed by atoms with van der Waals surface area (Å²) in [6, 6.07) is 0. The van der Waals surface area contributed by atoms with E-state index in [0.717, 1.165) is 31.9 Å². The number of alkyl carbamates (subject to hydrolysis) is 1. The summed E-state index contributed by atoms with van der Waals surface area (Å²) < 4.78 is 5.44. The van der Waals surface area contributed by atoms with Crippen molar-refractivity contribution in [3.05, 3.63) is 0 Å². The molecule has 0 aromatic carbocycles. The zero-order chi connectivity index (χ0) is 20.5. The molecule has 3 N–H and O–H groups in total. The number of hydrogen-bond acceptors (Lipinski definition) is 4. The molecule has 7 nitrogen and oxygen atoms in total. The van der Waals surface area contributed by atoms with E-state index in [1.165, 1.54) is 19.4 Å². The highest BCUT2D eigenvalue weighted by Crippen LogP contribution is 2.17. The van der Waals surface area contributed by atoms with Gasteiger partial charge in [0.05, 0.1) is 5.54 Å². The molecule has 27 heavy (non-hydrogen) atoms. The lowest BCUT2D eigenvalue weighted by atomic mass is 9.93. The zero-order valence-corrected chi connectivity index (χ0v) is 18.4. The van der Waals surface area contributed by atoms with Gasteiger partial charge in [0.1, 0.15) is 5.60 Å². The van der Waals surface area contributed by atoms with Crippen LogP contribution in [-0.2, 0) is 4.74 Å². The molecule has 7 heteroatoms. The van der Waals surface area contributed by atoms with Gasteiger partial charge in [0.25, 0.3) is 0 Å². The number of amides is 1. The molecule has 1 atom stereocenters. The molecule has 1 aliphatic rings. The summed E-state index contributed by atoms with van der Waals surface area (Å²) in [7, 11) is 3.96. The topological polar surface area (TPSA) is 78.0 Å². The third kappa shape index (κ3) is 8.82. The first-order valence-electron chi connectivity index (χ1n) is 10.3. The standard InChI is InChI=1S/C20H41N5O2/c1-8-20(9-2,24-18(26)27-19(3,4)5)15-23-17(21-6)22-13-16-11-10-12-25(7)14-16/h16H,8-15H2,1-7H3,(H,24,26)(H2,21,22,23). The van der Waals surface area contributed by atoms with Crippen LogP contribution in [0.2, 0.25) is 0 Å². The van der Waals surface area contributed by atoms with Gasteiger partial charge in [0, 0.05) is 26.7 Å². The molecule has 0 radical (unpaired) electrons. The molecule has 1 rings (SSSR count). The highest BCUT2D eigenvalue weighted by Gasteiger charge is 2.30. The maximum Gasteiger partial charge on any atom is 0.408 e. The summed E-state index contributed by atoms with van der Waals surface area (Å²) in [6.07, 6.45) is 3.74. The predicted molar refractivity (Wildman–Crippen MR) is 112 cm³/mol. The number of hydrogen-bond donors (Lipinski definition) is 3. The minimum atomic E-state index is -0.504. The first-order chi connectivity index (χ1) is 12.6. The molecule has 1 amide bonds. The largest absolute Gasteiger partial charge is 0.444 e. The third-order valence-electron chi connectivity index (χ3n) is 5.22. The zero-order valence-electron chi connectivity index (χ0n) is 18.4. The Labute approximate surface area is 165 Å². The van der Waals surface area contributed by atoms with E-state index in [1.54, 1.807) is 7.05 Å². The van der Waals surface area contributed by atoms with Crippen LogP contribution in [0.15, 0.2) is 4.99 Å². The van der Waals surface area contributed by atoms with Crippen molar-refractivity contribution in [2.45, 2.75) is 71.4 Å². The summed E-state index contributed by atoms with van der Waals surface area (Å²) in [5, 5.41) is 9.89. The maximum absolute atomic E-state index is 12.3. The highest BCUT2D eigenvalue weighted by molar-refractivity contribution is 5.79. The Hall–Kier alpha value is -1.50. The van der Waals surface area contributed by atoms with Gasteiger partial charge in [-0.2, -0.15) is 0 Å². The first kappa shape index (κ1) is 23.5. The summed E-state index contributed by atoms with van der Waals surface area (Å²) in [5.74, 6) is 1.42. The quantitative estimate of drug-likeness (QED) is 0.465. The highest BCUT2D eigenvalue weighted by atomic mass is 16.6. The van der Waals surface area contributed by atoms with Crippen LogP contribution in [0.1, 0.15) is 60.3 Å². The number of aliphatic imine (C=N–C) groups is 1. The van der Waals surface area contributed by atoms with Crippen LogP contribution >= 0.6 is 0 Å². The number of carbonyl (C=O) groups excluding carboxylic acids is 1. The van der Waals surface area contributed by atoms with E-state index in [9.17, 15) is 4.79 Å². The normalized spacial score (nSPS) is 19.5. The third-order valence-corrected chi connectivity index (χ3v) is 5.22. The smallest absolute Gasteiger partial charge is 0.408 e. The Bertz CT molecular complexity index is 483. The molecule has 1 saturated heterocycles. The van der Waals surface area contributed by atoms with Gasteiger partial charge in [-0.05, 0) is 66.0 Å². The number of carbonyl (C=O) groups is 1. The minimum absolute atomic E-state index is 0.370. The lowest BCUT2D eigenvalue weighted by molar-refractivity contribution is 0.0448. The lowest BCUT2D eigenvalue weighted by Crippen LogP contribution is -2.57. The van der Waals surface area contributed by atoms with Crippen molar-refractivity contribution in [1.29, 1.82) is 0 Å². The molecule has 158 valence electrons. The molecule has 0 saturated carbocycles. The summed E-state index contributed by atoms with van der Waals surface area (Å²) >= 11 is 0. The van der Waals surface area contributed by atoms with Gasteiger partial charge in [0.2, 0.25) is 0 Å². The van der Waals surface area contributed by atoms with Gasteiger partial charge < -0.3 is 25.6 Å². The Morgan fingerprint density at radius 2 is 1.89 bits per heavy atom. The van der Waals surface area contributed by atoms with Gasteiger partial charge in [0.15, 0.2) is 5.96 Å². The Morgan fingerprint density at radius 1 is 1.22 bits per heavy atom. The average Bonchev–Trinajstić information content (AvgIpc) is 2.59. The fourth-order valence-electron chi connectivity index (χ4n) is 3.40. The Kier molecular flexibility index (Phi) is 9.36. The van der Waals surface area contributed by atoms with Crippen LogP contribution in [0.25, 0.3) is 0 Å². The van der Waals surface area contributed by atoms with E-state index >= 15 is 0 Å². The van der Waals surface area contributed by atoms with Gasteiger partial charge in [-0.25, -0.2) is 4.79 Å². The molecular weight excluding hydrogens is 342 g/mol. The van der Waals surface area contributed by atoms with Gasteiger partial charge in [-0.3, -0.25) is 4.99 Å². The Balaban J connectivity index is 2.55. The molecule has 0 bridgehead atoms. The van der Waals surface area contributed by atoms with Crippen molar-refractivity contribution >= 4 is 12.1 Å². The van der Waals surface area contributed by atoms with Crippen LogP contribution in [0.5, 0.6) is 0 Å². The molecule has 1 heterocycles. The minimum Gasteiger partial charge on any atom is -0.444 e. The van der Waals surface area contributed by atoms with Crippen molar-refractivity contribution < 1.29 is 9.53 Å². The predicted octanol–water partition coefficient (Wildman–Crippen LogP) is 2.58. The van der Waals surface area contributed by atoms with Crippen molar-refractivity contribution in [2.24, 2.45) is 10.9 Å². The second-order valence-corrected chi connectivity index (χ2v) is 8.69. The van der Waals surface area contributed by atoms with Crippen molar-refractivity contribution in [3.63, 3.8) is 0 Å². The second kappa shape index (κ2) is 10.7. The SMILES string of the molecule is CCC(CC)(CNC(=NC)NCC1CCCN(C)C1)NC(=O)OC(C)(C)C. The van der Waals surface area contributed by atoms with Crippen LogP contribution in [0.3, 0.4) is 0 Å². The molecule has 1 unspecified atom stereocenters. The summed E-state index contributed by atoms with van der Waals surface area (Å²) in [6.45, 7) is 13.6. The molecular formula is C20H41N5O2. The number of nitrogens with one attached hydrogen (secondary N) is 3. The summed E-state index contributed by atoms with van der Waals surface area (Å²) in [5.41, 5.74) is -0.875. The monoisotopic (exact) mass is 383 g/mol. The number of nitrogens with zero attached hydrogens (tertiary/aromatic N) is 2. The fraction of sp³-hybridized carbons (Fsp3) is 0.900. The van der Waals surface area contributed by atoms with E-state index in [-0.39, 0.29) is 11.6 Å². The molecule has 1 aliphatic heterocycles. The summed E-state index contributed by atoms with van der Waals surface area (Å²) in [4.78, 5) is 19.0. The van der Waals surface area contributed by atoms with Gasteiger partial charge >= 0.3 is 6.09 Å². The number of ether oxygens (including phenoxy) is 1. The van der Waals surface area contributed by atoms with Crippen molar-refractivity contribution in [2.75, 3.05) is 40.3 Å². The molecule has 1 fully saturated rings. The van der Waals surface area contributed by atoms with Crippen LogP contribution in [0.4, 0.5) is 4.79 Å². The van der Waals surface area contributed by atoms with Crippen molar-refractivity contribution in [3.8, 4) is 0 Å². The van der Waals surface area contributed by atoms with Gasteiger partial charge in [-0.15, -0.1) is 0 Å². The van der Waals surface area contributed by atoms with E-state index in [4.69, 9.17) is 4.74 Å². The number of likely N-dealkylation sites (tertiary alicyclic amines) is 1. The number of piperidine rings is 1. The van der Waals surface area contributed by atoms with Crippen molar-refractivity contribution in [1.82, 2.24) is 20.9 Å². The molecule has 0 aliphatic carbocycles. The lowest BCUT2D eigenvalue weighted by Gasteiger charge is -2.35. The van der Waals surface area contributed by atoms with Crippen LogP contribution in [-0.4, -0.2) is 68.4 Å². The molecule has 0 spiro atoms. The van der Waals surface area contributed by atoms with E-state index in [2.05, 4.69) is 46.7 Å². The van der Waals surface area contributed by atoms with E-state index in [1.807, 2.05) is 20.8 Å². The second-order valence-electron chi connectivity index (χ2n) is 8.69. The van der Waals surface area contributed by atoms with E-state index in [0.29, 0.717) is 12.5 Å².